The minimum Gasteiger partial charge on any atom is -0.457 e. The van der Waals surface area contributed by atoms with Crippen molar-refractivity contribution in [1.29, 1.82) is 0 Å². The third kappa shape index (κ3) is 6.40. The predicted molar refractivity (Wildman–Crippen MR) is 185 cm³/mol. The van der Waals surface area contributed by atoms with Crippen LogP contribution in [0.1, 0.15) is 72.8 Å². The first-order valence-electron chi connectivity index (χ1n) is 15.6. The topological polar surface area (TPSA) is 9.23 Å². The Morgan fingerprint density at radius 1 is 0.605 bits per heavy atom. The Balaban J connectivity index is 1.01. The van der Waals surface area contributed by atoms with E-state index in [1.54, 1.807) is 0 Å². The summed E-state index contributed by atoms with van der Waals surface area (Å²) in [6, 6.07) is 43.6. The van der Waals surface area contributed by atoms with Crippen molar-refractivity contribution >= 4 is 22.0 Å². The Hall–Kier alpha value is -3.88. The molecule has 0 N–H and O–H groups in total. The molecule has 1 unspecified atom stereocenters. The summed E-state index contributed by atoms with van der Waals surface area (Å²) < 4.78 is 7.15. The van der Waals surface area contributed by atoms with Crippen LogP contribution in [0.3, 0.4) is 0 Å². The summed E-state index contributed by atoms with van der Waals surface area (Å²) in [5.74, 6) is 1.73. The highest BCUT2D eigenvalue weighted by Gasteiger charge is 2.43. The average Bonchev–Trinajstić information content (AvgIpc) is 3.33. The standard InChI is InChI=1S/C41H39BrO/c1-2-31-19-24-35(25-20-31)43-36-26-21-32(22-27-36)14-8-5-3-4-6-13-29-41(33-15-9-7-10-16-33)39-18-12-11-17-37(39)38-28-23-34(42)30-40(38)41/h2,7,9-12,15-28,30H,1,3-6,8,13-14,29H2. The lowest BCUT2D eigenvalue weighted by Gasteiger charge is -2.33. The number of unbranched alkanes of at least 4 members (excludes halogenated alkanes) is 5. The number of halogens is 1. The zero-order chi connectivity index (χ0) is 29.5. The second-order valence-corrected chi connectivity index (χ2v) is 12.6. The lowest BCUT2D eigenvalue weighted by Crippen LogP contribution is -2.27. The first-order chi connectivity index (χ1) is 21.2. The highest BCUT2D eigenvalue weighted by atomic mass is 79.9. The molecule has 0 aliphatic heterocycles. The van der Waals surface area contributed by atoms with E-state index in [2.05, 4.69) is 120 Å². The largest absolute Gasteiger partial charge is 0.457 e. The molecular weight excluding hydrogens is 588 g/mol. The van der Waals surface area contributed by atoms with Gasteiger partial charge in [-0.05, 0) is 94.6 Å². The molecule has 5 aromatic carbocycles. The number of fused-ring (bicyclic) bond motifs is 3. The highest BCUT2D eigenvalue weighted by molar-refractivity contribution is 9.10. The van der Waals surface area contributed by atoms with Gasteiger partial charge in [-0.3, -0.25) is 0 Å². The van der Waals surface area contributed by atoms with Gasteiger partial charge in [0.25, 0.3) is 0 Å². The molecule has 1 atom stereocenters. The van der Waals surface area contributed by atoms with Gasteiger partial charge in [-0.25, -0.2) is 0 Å². The summed E-state index contributed by atoms with van der Waals surface area (Å²) in [5.41, 5.74) is 9.44. The average molecular weight is 628 g/mol. The van der Waals surface area contributed by atoms with Gasteiger partial charge in [0.05, 0.1) is 0 Å². The molecule has 0 radical (unpaired) electrons. The van der Waals surface area contributed by atoms with Crippen LogP contribution in [-0.2, 0) is 11.8 Å². The molecular formula is C41H39BrO. The Bertz CT molecular complexity index is 1650. The number of hydrogen-bond acceptors (Lipinski definition) is 1. The van der Waals surface area contributed by atoms with E-state index in [4.69, 9.17) is 4.74 Å². The molecule has 0 spiro atoms. The quantitative estimate of drug-likeness (QED) is 0.118. The number of hydrogen-bond donors (Lipinski definition) is 0. The van der Waals surface area contributed by atoms with E-state index in [0.717, 1.165) is 34.4 Å². The fourth-order valence-corrected chi connectivity index (χ4v) is 7.11. The van der Waals surface area contributed by atoms with E-state index in [-0.39, 0.29) is 5.41 Å². The summed E-state index contributed by atoms with van der Waals surface area (Å²) in [4.78, 5) is 0. The van der Waals surface area contributed by atoms with E-state index in [1.165, 1.54) is 71.9 Å². The lowest BCUT2D eigenvalue weighted by atomic mass is 9.69. The molecule has 0 saturated heterocycles. The zero-order valence-electron chi connectivity index (χ0n) is 24.8. The third-order valence-electron chi connectivity index (χ3n) is 8.93. The molecule has 1 aliphatic carbocycles. The monoisotopic (exact) mass is 626 g/mol. The molecule has 0 bridgehead atoms. The van der Waals surface area contributed by atoms with Crippen molar-refractivity contribution in [2.75, 3.05) is 0 Å². The van der Waals surface area contributed by atoms with Crippen LogP contribution in [-0.4, -0.2) is 0 Å². The first kappa shape index (κ1) is 29.2. The van der Waals surface area contributed by atoms with Crippen molar-refractivity contribution in [2.24, 2.45) is 0 Å². The number of rotatable bonds is 13. The van der Waals surface area contributed by atoms with Crippen LogP contribution in [0.5, 0.6) is 11.5 Å². The molecule has 5 aromatic rings. The van der Waals surface area contributed by atoms with E-state index in [0.29, 0.717) is 0 Å². The summed E-state index contributed by atoms with van der Waals surface area (Å²) in [6.45, 7) is 3.80. The van der Waals surface area contributed by atoms with Crippen LogP contribution in [0, 0.1) is 0 Å². The second-order valence-electron chi connectivity index (χ2n) is 11.6. The maximum atomic E-state index is 5.99. The normalized spacial score (nSPS) is 15.1. The minimum atomic E-state index is -0.0953. The van der Waals surface area contributed by atoms with Gasteiger partial charge in [0, 0.05) is 9.89 Å². The third-order valence-corrected chi connectivity index (χ3v) is 9.42. The van der Waals surface area contributed by atoms with Crippen LogP contribution >= 0.6 is 15.9 Å². The maximum Gasteiger partial charge on any atom is 0.127 e. The summed E-state index contributed by atoms with van der Waals surface area (Å²) in [6.07, 6.45) is 11.6. The van der Waals surface area contributed by atoms with E-state index >= 15 is 0 Å². The van der Waals surface area contributed by atoms with Crippen LogP contribution in [0.25, 0.3) is 17.2 Å². The molecule has 0 fully saturated rings. The maximum absolute atomic E-state index is 5.99. The van der Waals surface area contributed by atoms with Crippen molar-refractivity contribution in [3.05, 3.63) is 160 Å². The second kappa shape index (κ2) is 13.6. The Labute approximate surface area is 265 Å². The van der Waals surface area contributed by atoms with Gasteiger partial charge < -0.3 is 4.74 Å². The van der Waals surface area contributed by atoms with E-state index in [1.807, 2.05) is 30.3 Å². The Kier molecular flexibility index (Phi) is 9.24. The van der Waals surface area contributed by atoms with Gasteiger partial charge in [-0.1, -0.05) is 146 Å². The zero-order valence-corrected chi connectivity index (χ0v) is 26.4. The predicted octanol–water partition coefficient (Wildman–Crippen LogP) is 12.2. The Morgan fingerprint density at radius 2 is 1.23 bits per heavy atom. The van der Waals surface area contributed by atoms with Crippen molar-refractivity contribution in [1.82, 2.24) is 0 Å². The van der Waals surface area contributed by atoms with Crippen LogP contribution < -0.4 is 4.74 Å². The lowest BCUT2D eigenvalue weighted by molar-refractivity contribution is 0.482. The van der Waals surface area contributed by atoms with Crippen molar-refractivity contribution in [3.63, 3.8) is 0 Å². The molecule has 43 heavy (non-hydrogen) atoms. The van der Waals surface area contributed by atoms with Crippen LogP contribution in [0.15, 0.2) is 132 Å². The fraction of sp³-hybridized carbons (Fsp3) is 0.220. The minimum absolute atomic E-state index is 0.0953. The molecule has 216 valence electrons. The van der Waals surface area contributed by atoms with Crippen LogP contribution in [0.4, 0.5) is 0 Å². The van der Waals surface area contributed by atoms with Crippen molar-refractivity contribution in [3.8, 4) is 22.6 Å². The van der Waals surface area contributed by atoms with Gasteiger partial charge in [0.2, 0.25) is 0 Å². The summed E-state index contributed by atoms with van der Waals surface area (Å²) in [5, 5.41) is 0. The van der Waals surface area contributed by atoms with Crippen molar-refractivity contribution < 1.29 is 4.74 Å². The number of ether oxygens (including phenoxy) is 1. The Morgan fingerprint density at radius 3 is 1.98 bits per heavy atom. The molecule has 1 nitrogen and oxygen atoms in total. The SMILES string of the molecule is C=Cc1ccc(Oc2ccc(CCCCCCCCC3(c4ccccc4)c4ccccc4-c4ccc(Br)cc43)cc2)cc1. The smallest absolute Gasteiger partial charge is 0.127 e. The van der Waals surface area contributed by atoms with E-state index in [9.17, 15) is 0 Å². The summed E-state index contributed by atoms with van der Waals surface area (Å²) >= 11 is 3.78. The molecule has 6 rings (SSSR count). The van der Waals surface area contributed by atoms with Crippen molar-refractivity contribution in [2.45, 2.75) is 56.8 Å². The number of aryl methyl sites for hydroxylation is 1. The molecule has 0 amide bonds. The van der Waals surface area contributed by atoms with Crippen LogP contribution in [0.2, 0.25) is 0 Å². The molecule has 0 heterocycles. The van der Waals surface area contributed by atoms with Gasteiger partial charge in [0.15, 0.2) is 0 Å². The molecule has 0 aromatic heterocycles. The van der Waals surface area contributed by atoms with Gasteiger partial charge in [-0.2, -0.15) is 0 Å². The van der Waals surface area contributed by atoms with Gasteiger partial charge in [0.1, 0.15) is 11.5 Å². The van der Waals surface area contributed by atoms with Gasteiger partial charge >= 0.3 is 0 Å². The number of benzene rings is 5. The first-order valence-corrected chi connectivity index (χ1v) is 16.4. The van der Waals surface area contributed by atoms with E-state index < -0.39 is 0 Å². The summed E-state index contributed by atoms with van der Waals surface area (Å²) in [7, 11) is 0. The fourth-order valence-electron chi connectivity index (χ4n) is 6.75. The van der Waals surface area contributed by atoms with Gasteiger partial charge in [-0.15, -0.1) is 0 Å². The molecule has 0 saturated carbocycles. The molecule has 1 aliphatic rings. The molecule has 2 heteroatoms. The highest BCUT2D eigenvalue weighted by Crippen LogP contribution is 2.55.